The van der Waals surface area contributed by atoms with Gasteiger partial charge in [0, 0.05) is 11.5 Å². The molecule has 0 aliphatic rings. The lowest BCUT2D eigenvalue weighted by Crippen LogP contribution is -2.39. The zero-order chi connectivity index (χ0) is 14.4. The number of likely N-dealkylation sites (N-methyl/N-ethyl adjacent to an activating group) is 1. The number of esters is 1. The Balaban J connectivity index is 0.00000361. The number of halogens is 2. The molecule has 0 spiro atoms. The Kier molecular flexibility index (Phi) is 8.45. The predicted molar refractivity (Wildman–Crippen MR) is 82.6 cm³/mol. The molecule has 1 aromatic rings. The SMILES string of the molecule is CCOC(=O)CN(C)C(=O)C(N)c1ccccc1Br.Cl. The first-order chi connectivity index (χ1) is 8.97. The number of hydrogen-bond acceptors (Lipinski definition) is 4. The Morgan fingerprint density at radius 1 is 1.40 bits per heavy atom. The monoisotopic (exact) mass is 364 g/mol. The smallest absolute Gasteiger partial charge is 0.325 e. The molecule has 0 saturated heterocycles. The largest absolute Gasteiger partial charge is 0.465 e. The van der Waals surface area contributed by atoms with Gasteiger partial charge in [0.2, 0.25) is 5.91 Å². The second-order valence-electron chi connectivity index (χ2n) is 4.00. The van der Waals surface area contributed by atoms with Crippen LogP contribution < -0.4 is 5.73 Å². The summed E-state index contributed by atoms with van der Waals surface area (Å²) >= 11 is 3.35. The van der Waals surface area contributed by atoms with E-state index in [1.807, 2.05) is 12.1 Å². The van der Waals surface area contributed by atoms with E-state index in [-0.39, 0.29) is 31.5 Å². The minimum absolute atomic E-state index is 0. The number of carbonyl (C=O) groups excluding carboxylic acids is 2. The first-order valence-corrected chi connectivity index (χ1v) is 6.67. The average Bonchev–Trinajstić information content (AvgIpc) is 2.37. The van der Waals surface area contributed by atoms with E-state index in [0.717, 1.165) is 4.47 Å². The van der Waals surface area contributed by atoms with E-state index in [2.05, 4.69) is 15.9 Å². The normalized spacial score (nSPS) is 11.2. The van der Waals surface area contributed by atoms with Gasteiger partial charge < -0.3 is 15.4 Å². The summed E-state index contributed by atoms with van der Waals surface area (Å²) in [7, 11) is 1.52. The van der Waals surface area contributed by atoms with Crippen LogP contribution in [0.4, 0.5) is 0 Å². The van der Waals surface area contributed by atoms with Crippen molar-refractivity contribution >= 4 is 40.2 Å². The number of ether oxygens (including phenoxy) is 1. The predicted octanol–water partition coefficient (Wildman–Crippen LogP) is 1.89. The lowest BCUT2D eigenvalue weighted by atomic mass is 10.1. The van der Waals surface area contributed by atoms with Crippen molar-refractivity contribution < 1.29 is 14.3 Å². The molecule has 0 aromatic heterocycles. The quantitative estimate of drug-likeness (QED) is 0.809. The molecule has 0 saturated carbocycles. The highest BCUT2D eigenvalue weighted by molar-refractivity contribution is 9.10. The fourth-order valence-corrected chi connectivity index (χ4v) is 2.11. The third-order valence-electron chi connectivity index (χ3n) is 2.55. The lowest BCUT2D eigenvalue weighted by Gasteiger charge is -2.21. The van der Waals surface area contributed by atoms with E-state index in [1.54, 1.807) is 19.1 Å². The third-order valence-corrected chi connectivity index (χ3v) is 3.28. The van der Waals surface area contributed by atoms with Crippen LogP contribution in [0.15, 0.2) is 28.7 Å². The standard InChI is InChI=1S/C13H17BrN2O3.ClH/c1-3-19-11(17)8-16(2)13(18)12(15)9-6-4-5-7-10(9)14;/h4-7,12H,3,8,15H2,1-2H3;1H. The van der Waals surface area contributed by atoms with Crippen molar-refractivity contribution in [3.05, 3.63) is 34.3 Å². The van der Waals surface area contributed by atoms with Crippen LogP contribution in [0.2, 0.25) is 0 Å². The van der Waals surface area contributed by atoms with E-state index in [4.69, 9.17) is 10.5 Å². The maximum Gasteiger partial charge on any atom is 0.325 e. The molecule has 1 atom stereocenters. The maximum atomic E-state index is 12.1. The van der Waals surface area contributed by atoms with Crippen LogP contribution in [0.5, 0.6) is 0 Å². The molecule has 0 aliphatic heterocycles. The van der Waals surface area contributed by atoms with Crippen LogP contribution in [0.3, 0.4) is 0 Å². The van der Waals surface area contributed by atoms with Gasteiger partial charge in [-0.15, -0.1) is 12.4 Å². The minimum Gasteiger partial charge on any atom is -0.465 e. The number of amides is 1. The fourth-order valence-electron chi connectivity index (χ4n) is 1.58. The molecule has 1 amide bonds. The third kappa shape index (κ3) is 5.11. The minimum atomic E-state index is -0.810. The van der Waals surface area contributed by atoms with E-state index in [1.165, 1.54) is 11.9 Å². The van der Waals surface area contributed by atoms with Gasteiger partial charge in [0.1, 0.15) is 12.6 Å². The fraction of sp³-hybridized carbons (Fsp3) is 0.385. The van der Waals surface area contributed by atoms with E-state index < -0.39 is 12.0 Å². The summed E-state index contributed by atoms with van der Waals surface area (Å²) in [6, 6.07) is 6.42. The molecule has 1 rings (SSSR count). The number of nitrogens with two attached hydrogens (primary N) is 1. The average molecular weight is 366 g/mol. The molecule has 5 nitrogen and oxygen atoms in total. The van der Waals surface area contributed by atoms with Crippen molar-refractivity contribution in [2.45, 2.75) is 13.0 Å². The molecular weight excluding hydrogens is 348 g/mol. The van der Waals surface area contributed by atoms with Crippen molar-refractivity contribution in [2.24, 2.45) is 5.73 Å². The van der Waals surface area contributed by atoms with Crippen LogP contribution in [0, 0.1) is 0 Å². The second kappa shape index (κ2) is 8.94. The first kappa shape index (κ1) is 18.9. The second-order valence-corrected chi connectivity index (χ2v) is 4.85. The summed E-state index contributed by atoms with van der Waals surface area (Å²) in [5, 5.41) is 0. The molecule has 0 heterocycles. The topological polar surface area (TPSA) is 72.6 Å². The van der Waals surface area contributed by atoms with Crippen molar-refractivity contribution in [1.29, 1.82) is 0 Å². The highest BCUT2D eigenvalue weighted by atomic mass is 79.9. The maximum absolute atomic E-state index is 12.1. The molecule has 20 heavy (non-hydrogen) atoms. The Bertz CT molecular complexity index is 471. The van der Waals surface area contributed by atoms with Gasteiger partial charge in [-0.2, -0.15) is 0 Å². The lowest BCUT2D eigenvalue weighted by molar-refractivity contribution is -0.148. The van der Waals surface area contributed by atoms with Crippen LogP contribution in [-0.2, 0) is 14.3 Å². The zero-order valence-corrected chi connectivity index (χ0v) is 13.7. The molecular formula is C13H18BrClN2O3. The molecule has 1 aromatic carbocycles. The van der Waals surface area contributed by atoms with Crippen LogP contribution in [0.1, 0.15) is 18.5 Å². The summed E-state index contributed by atoms with van der Waals surface area (Å²) in [6.07, 6.45) is 0. The summed E-state index contributed by atoms with van der Waals surface area (Å²) < 4.78 is 5.55. The van der Waals surface area contributed by atoms with Gasteiger partial charge in [-0.1, -0.05) is 34.1 Å². The number of rotatable bonds is 5. The Hall–Kier alpha value is -1.11. The molecule has 7 heteroatoms. The highest BCUT2D eigenvalue weighted by Crippen LogP contribution is 2.22. The molecule has 0 radical (unpaired) electrons. The summed E-state index contributed by atoms with van der Waals surface area (Å²) in [5.74, 6) is -0.780. The van der Waals surface area contributed by atoms with E-state index in [9.17, 15) is 9.59 Å². The summed E-state index contributed by atoms with van der Waals surface area (Å²) in [4.78, 5) is 24.7. The van der Waals surface area contributed by atoms with Crippen molar-refractivity contribution in [3.63, 3.8) is 0 Å². The number of nitrogens with zero attached hydrogens (tertiary/aromatic N) is 1. The van der Waals surface area contributed by atoms with Crippen LogP contribution >= 0.6 is 28.3 Å². The zero-order valence-electron chi connectivity index (χ0n) is 11.3. The molecule has 0 bridgehead atoms. The van der Waals surface area contributed by atoms with Crippen molar-refractivity contribution in [2.75, 3.05) is 20.2 Å². The first-order valence-electron chi connectivity index (χ1n) is 5.88. The Labute approximate surface area is 133 Å². The van der Waals surface area contributed by atoms with Gasteiger partial charge >= 0.3 is 5.97 Å². The number of hydrogen-bond donors (Lipinski definition) is 1. The molecule has 112 valence electrons. The Morgan fingerprint density at radius 3 is 2.55 bits per heavy atom. The molecule has 2 N–H and O–H groups in total. The number of carbonyl (C=O) groups is 2. The summed E-state index contributed by atoms with van der Waals surface area (Å²) in [6.45, 7) is 1.90. The van der Waals surface area contributed by atoms with E-state index in [0.29, 0.717) is 5.56 Å². The van der Waals surface area contributed by atoms with Crippen molar-refractivity contribution in [1.82, 2.24) is 4.90 Å². The van der Waals surface area contributed by atoms with Crippen LogP contribution in [0.25, 0.3) is 0 Å². The van der Waals surface area contributed by atoms with Gasteiger partial charge in [0.25, 0.3) is 0 Å². The molecule has 0 fully saturated rings. The van der Waals surface area contributed by atoms with E-state index >= 15 is 0 Å². The highest BCUT2D eigenvalue weighted by Gasteiger charge is 2.23. The number of benzene rings is 1. The molecule has 0 aliphatic carbocycles. The van der Waals surface area contributed by atoms with Gasteiger partial charge in [0.15, 0.2) is 0 Å². The van der Waals surface area contributed by atoms with Gasteiger partial charge in [-0.05, 0) is 18.6 Å². The van der Waals surface area contributed by atoms with Crippen molar-refractivity contribution in [3.8, 4) is 0 Å². The van der Waals surface area contributed by atoms with Gasteiger partial charge in [0.05, 0.1) is 6.61 Å². The van der Waals surface area contributed by atoms with Gasteiger partial charge in [-0.25, -0.2) is 0 Å². The summed E-state index contributed by atoms with van der Waals surface area (Å²) in [5.41, 5.74) is 6.60. The van der Waals surface area contributed by atoms with Crippen LogP contribution in [-0.4, -0.2) is 37.0 Å². The van der Waals surface area contributed by atoms with Gasteiger partial charge in [-0.3, -0.25) is 9.59 Å². The molecule has 1 unspecified atom stereocenters. The Morgan fingerprint density at radius 2 is 2.00 bits per heavy atom.